The van der Waals surface area contributed by atoms with Crippen molar-refractivity contribution < 1.29 is 13.2 Å². The minimum absolute atomic E-state index is 0.0970. The van der Waals surface area contributed by atoms with Gasteiger partial charge in [0.1, 0.15) is 5.15 Å². The first-order chi connectivity index (χ1) is 12.4. The van der Waals surface area contributed by atoms with Crippen LogP contribution in [-0.4, -0.2) is 36.7 Å². The summed E-state index contributed by atoms with van der Waals surface area (Å²) in [6.07, 6.45) is 4.28. The second kappa shape index (κ2) is 7.73. The van der Waals surface area contributed by atoms with Crippen molar-refractivity contribution in [3.05, 3.63) is 52.8 Å². The number of aryl methyl sites for hydroxylation is 1. The van der Waals surface area contributed by atoms with Gasteiger partial charge in [-0.3, -0.25) is 4.79 Å². The Bertz CT molecular complexity index is 925. The molecular weight excluding hydrogens is 374 g/mol. The SMILES string of the molecule is Cc1ccc(S(=O)(=O)N2CCCCC2)cc1NC(=O)c1cccnc1Cl. The number of benzene rings is 1. The Kier molecular flexibility index (Phi) is 5.60. The van der Waals surface area contributed by atoms with E-state index in [1.54, 1.807) is 31.2 Å². The zero-order valence-electron chi connectivity index (χ0n) is 14.4. The summed E-state index contributed by atoms with van der Waals surface area (Å²) in [5.74, 6) is -0.432. The Labute approximate surface area is 158 Å². The van der Waals surface area contributed by atoms with E-state index in [9.17, 15) is 13.2 Å². The average Bonchev–Trinajstić information content (AvgIpc) is 2.64. The maximum Gasteiger partial charge on any atom is 0.258 e. The molecule has 1 aromatic carbocycles. The molecule has 1 N–H and O–H groups in total. The molecule has 3 rings (SSSR count). The number of hydrogen-bond donors (Lipinski definition) is 1. The topological polar surface area (TPSA) is 79.4 Å². The molecule has 1 aliphatic rings. The third kappa shape index (κ3) is 3.90. The molecule has 138 valence electrons. The van der Waals surface area contributed by atoms with E-state index < -0.39 is 15.9 Å². The highest BCUT2D eigenvalue weighted by Gasteiger charge is 2.26. The van der Waals surface area contributed by atoms with Gasteiger partial charge in [-0.05, 0) is 49.6 Å². The third-order valence-corrected chi connectivity index (χ3v) is 6.61. The van der Waals surface area contributed by atoms with Gasteiger partial charge in [-0.15, -0.1) is 0 Å². The van der Waals surface area contributed by atoms with Crippen LogP contribution in [0.15, 0.2) is 41.4 Å². The van der Waals surface area contributed by atoms with Crippen molar-refractivity contribution in [2.75, 3.05) is 18.4 Å². The first-order valence-electron chi connectivity index (χ1n) is 8.42. The normalized spacial score (nSPS) is 15.6. The lowest BCUT2D eigenvalue weighted by Crippen LogP contribution is -2.35. The Morgan fingerprint density at radius 3 is 2.62 bits per heavy atom. The fourth-order valence-electron chi connectivity index (χ4n) is 2.90. The molecule has 8 heteroatoms. The molecule has 0 saturated carbocycles. The lowest BCUT2D eigenvalue weighted by Gasteiger charge is -2.26. The molecule has 1 aromatic heterocycles. The number of nitrogens with one attached hydrogen (secondary N) is 1. The Balaban J connectivity index is 1.88. The predicted octanol–water partition coefficient (Wildman–Crippen LogP) is 3.47. The van der Waals surface area contributed by atoms with E-state index in [1.807, 2.05) is 0 Å². The van der Waals surface area contributed by atoms with Crippen molar-refractivity contribution in [1.82, 2.24) is 9.29 Å². The number of amides is 1. The molecule has 1 saturated heterocycles. The number of sulfonamides is 1. The maximum absolute atomic E-state index is 12.8. The second-order valence-electron chi connectivity index (χ2n) is 6.24. The minimum atomic E-state index is -3.57. The molecule has 0 aliphatic carbocycles. The number of carbonyl (C=O) groups excluding carboxylic acids is 1. The fourth-order valence-corrected chi connectivity index (χ4v) is 4.64. The van der Waals surface area contributed by atoms with E-state index in [4.69, 9.17) is 11.6 Å². The van der Waals surface area contributed by atoms with Gasteiger partial charge >= 0.3 is 0 Å². The highest BCUT2D eigenvalue weighted by atomic mass is 35.5. The van der Waals surface area contributed by atoms with Gasteiger partial charge in [0.2, 0.25) is 10.0 Å². The first kappa shape index (κ1) is 18.8. The summed E-state index contributed by atoms with van der Waals surface area (Å²) in [7, 11) is -3.57. The van der Waals surface area contributed by atoms with Crippen molar-refractivity contribution in [3.8, 4) is 0 Å². The lowest BCUT2D eigenvalue weighted by atomic mass is 10.2. The van der Waals surface area contributed by atoms with Crippen LogP contribution in [0.4, 0.5) is 5.69 Å². The highest BCUT2D eigenvalue weighted by Crippen LogP contribution is 2.26. The van der Waals surface area contributed by atoms with Crippen LogP contribution in [0, 0.1) is 6.92 Å². The van der Waals surface area contributed by atoms with Crippen molar-refractivity contribution in [2.24, 2.45) is 0 Å². The standard InChI is InChI=1S/C18H20ClN3O3S/c1-13-7-8-14(26(24,25)22-10-3-2-4-11-22)12-16(13)21-18(23)15-6-5-9-20-17(15)19/h5-9,12H,2-4,10-11H2,1H3,(H,21,23). The van der Waals surface area contributed by atoms with Crippen molar-refractivity contribution in [2.45, 2.75) is 31.1 Å². The molecule has 0 spiro atoms. The Morgan fingerprint density at radius 1 is 1.19 bits per heavy atom. The molecule has 1 fully saturated rings. The van der Waals surface area contributed by atoms with Gasteiger partial charge in [-0.1, -0.05) is 24.1 Å². The smallest absolute Gasteiger partial charge is 0.258 e. The largest absolute Gasteiger partial charge is 0.322 e. The number of piperidine rings is 1. The van der Waals surface area contributed by atoms with Crippen LogP contribution in [0.3, 0.4) is 0 Å². The van der Waals surface area contributed by atoms with Gasteiger partial charge in [-0.25, -0.2) is 13.4 Å². The zero-order valence-corrected chi connectivity index (χ0v) is 16.0. The summed E-state index contributed by atoms with van der Waals surface area (Å²) in [4.78, 5) is 16.5. The third-order valence-electron chi connectivity index (χ3n) is 4.41. The number of aromatic nitrogens is 1. The average molecular weight is 394 g/mol. The Morgan fingerprint density at radius 2 is 1.92 bits per heavy atom. The maximum atomic E-state index is 12.8. The van der Waals surface area contributed by atoms with Crippen molar-refractivity contribution in [1.29, 1.82) is 0 Å². The number of anilines is 1. The molecule has 0 unspecified atom stereocenters. The molecule has 0 atom stereocenters. The summed E-state index contributed by atoms with van der Waals surface area (Å²) in [5, 5.41) is 2.83. The number of hydrogen-bond acceptors (Lipinski definition) is 4. The summed E-state index contributed by atoms with van der Waals surface area (Å²) in [5.41, 5.74) is 1.43. The molecule has 26 heavy (non-hydrogen) atoms. The van der Waals surface area contributed by atoms with E-state index >= 15 is 0 Å². The van der Waals surface area contributed by atoms with E-state index in [-0.39, 0.29) is 15.6 Å². The van der Waals surface area contributed by atoms with Crippen LogP contribution in [-0.2, 0) is 10.0 Å². The summed E-state index contributed by atoms with van der Waals surface area (Å²) in [6.45, 7) is 2.87. The second-order valence-corrected chi connectivity index (χ2v) is 8.53. The summed E-state index contributed by atoms with van der Waals surface area (Å²) >= 11 is 5.96. The van der Waals surface area contributed by atoms with Crippen LogP contribution in [0.2, 0.25) is 5.15 Å². The fraction of sp³-hybridized carbons (Fsp3) is 0.333. The van der Waals surface area contributed by atoms with E-state index in [1.165, 1.54) is 16.6 Å². The van der Waals surface area contributed by atoms with Crippen LogP contribution in [0.5, 0.6) is 0 Å². The number of nitrogens with zero attached hydrogens (tertiary/aromatic N) is 2. The van der Waals surface area contributed by atoms with Crippen molar-refractivity contribution >= 4 is 33.2 Å². The predicted molar refractivity (Wildman–Crippen MR) is 101 cm³/mol. The molecule has 0 radical (unpaired) electrons. The van der Waals surface area contributed by atoms with Gasteiger partial charge in [0.25, 0.3) is 5.91 Å². The van der Waals surface area contributed by atoms with Crippen LogP contribution in [0.25, 0.3) is 0 Å². The monoisotopic (exact) mass is 393 g/mol. The number of rotatable bonds is 4. The van der Waals surface area contributed by atoms with Crippen LogP contribution >= 0.6 is 11.6 Å². The van der Waals surface area contributed by atoms with Crippen LogP contribution < -0.4 is 5.32 Å². The molecule has 2 heterocycles. The molecule has 2 aromatic rings. The van der Waals surface area contributed by atoms with Gasteiger partial charge in [0.05, 0.1) is 10.5 Å². The molecule has 6 nitrogen and oxygen atoms in total. The zero-order chi connectivity index (χ0) is 18.7. The Hall–Kier alpha value is -1.96. The molecule has 0 bridgehead atoms. The molecule has 1 aliphatic heterocycles. The molecule has 1 amide bonds. The van der Waals surface area contributed by atoms with Gasteiger partial charge < -0.3 is 5.32 Å². The quantitative estimate of drug-likeness (QED) is 0.806. The van der Waals surface area contributed by atoms with Crippen molar-refractivity contribution in [3.63, 3.8) is 0 Å². The number of pyridine rings is 1. The lowest BCUT2D eigenvalue weighted by molar-refractivity contribution is 0.102. The van der Waals surface area contributed by atoms with E-state index in [0.29, 0.717) is 18.8 Å². The van der Waals surface area contributed by atoms with Gasteiger partial charge in [-0.2, -0.15) is 4.31 Å². The van der Waals surface area contributed by atoms with Crippen LogP contribution in [0.1, 0.15) is 35.2 Å². The first-order valence-corrected chi connectivity index (χ1v) is 10.2. The van der Waals surface area contributed by atoms with E-state index in [2.05, 4.69) is 10.3 Å². The number of carbonyl (C=O) groups is 1. The minimum Gasteiger partial charge on any atom is -0.322 e. The summed E-state index contributed by atoms with van der Waals surface area (Å²) in [6, 6.07) is 7.95. The van der Waals surface area contributed by atoms with E-state index in [0.717, 1.165) is 24.8 Å². The van der Waals surface area contributed by atoms with Gasteiger partial charge in [0, 0.05) is 25.0 Å². The molecular formula is C18H20ClN3O3S. The summed E-state index contributed by atoms with van der Waals surface area (Å²) < 4.78 is 27.2. The van der Waals surface area contributed by atoms with Gasteiger partial charge in [0.15, 0.2) is 0 Å². The number of halogens is 1. The highest BCUT2D eigenvalue weighted by molar-refractivity contribution is 7.89.